The van der Waals surface area contributed by atoms with Gasteiger partial charge in [-0.25, -0.2) is 0 Å². The Morgan fingerprint density at radius 3 is 2.68 bits per heavy atom. The number of hydrogen-bond acceptors (Lipinski definition) is 3. The van der Waals surface area contributed by atoms with E-state index in [0.717, 1.165) is 51.0 Å². The van der Waals surface area contributed by atoms with Crippen molar-refractivity contribution >= 4 is 11.6 Å². The van der Waals surface area contributed by atoms with Gasteiger partial charge in [0, 0.05) is 30.4 Å². The zero-order chi connectivity index (χ0) is 17.1. The second-order valence-corrected chi connectivity index (χ2v) is 6.97. The first-order chi connectivity index (χ1) is 12.3. The molecule has 2 aliphatic heterocycles. The maximum absolute atomic E-state index is 12.7. The Morgan fingerprint density at radius 2 is 1.84 bits per heavy atom. The first-order valence-corrected chi connectivity index (χ1v) is 9.23. The SMILES string of the molecule is O=C(N[C@@H]1CCN(c2ccccc2)C1)c1ccc2c(c1)CCNCC2. The van der Waals surface area contributed by atoms with E-state index in [1.165, 1.54) is 16.8 Å². The van der Waals surface area contributed by atoms with E-state index in [2.05, 4.69) is 51.9 Å². The summed E-state index contributed by atoms with van der Waals surface area (Å²) >= 11 is 0. The third-order valence-corrected chi connectivity index (χ3v) is 5.26. The Kier molecular flexibility index (Phi) is 4.70. The zero-order valence-electron chi connectivity index (χ0n) is 14.5. The molecule has 0 spiro atoms. The first kappa shape index (κ1) is 16.2. The second-order valence-electron chi connectivity index (χ2n) is 6.97. The summed E-state index contributed by atoms with van der Waals surface area (Å²) in [5.41, 5.74) is 4.71. The van der Waals surface area contributed by atoms with Gasteiger partial charge < -0.3 is 15.5 Å². The van der Waals surface area contributed by atoms with E-state index in [9.17, 15) is 4.79 Å². The molecule has 4 nitrogen and oxygen atoms in total. The summed E-state index contributed by atoms with van der Waals surface area (Å²) < 4.78 is 0. The number of rotatable bonds is 3. The molecule has 1 amide bonds. The largest absolute Gasteiger partial charge is 0.369 e. The minimum Gasteiger partial charge on any atom is -0.369 e. The van der Waals surface area contributed by atoms with Crippen molar-refractivity contribution in [2.75, 3.05) is 31.1 Å². The molecule has 25 heavy (non-hydrogen) atoms. The van der Waals surface area contributed by atoms with Crippen LogP contribution in [0.25, 0.3) is 0 Å². The van der Waals surface area contributed by atoms with Crippen LogP contribution in [0.15, 0.2) is 48.5 Å². The summed E-state index contributed by atoms with van der Waals surface area (Å²) in [7, 11) is 0. The minimum absolute atomic E-state index is 0.0555. The molecule has 0 aromatic heterocycles. The highest BCUT2D eigenvalue weighted by Gasteiger charge is 2.24. The standard InChI is InChI=1S/C21H25N3O/c25-21(18-7-6-16-8-11-22-12-9-17(16)14-18)23-19-10-13-24(15-19)20-4-2-1-3-5-20/h1-7,14,19,22H,8-13,15H2,(H,23,25)/t19-/m1/s1. The molecule has 4 rings (SSSR count). The van der Waals surface area contributed by atoms with Gasteiger partial charge >= 0.3 is 0 Å². The van der Waals surface area contributed by atoms with Crippen molar-refractivity contribution in [3.8, 4) is 0 Å². The van der Waals surface area contributed by atoms with Gasteiger partial charge in [-0.15, -0.1) is 0 Å². The van der Waals surface area contributed by atoms with E-state index in [0.29, 0.717) is 0 Å². The lowest BCUT2D eigenvalue weighted by Crippen LogP contribution is -2.37. The van der Waals surface area contributed by atoms with Crippen LogP contribution in [0.1, 0.15) is 27.9 Å². The Hall–Kier alpha value is -2.33. The fourth-order valence-electron chi connectivity index (χ4n) is 3.84. The van der Waals surface area contributed by atoms with E-state index in [1.807, 2.05) is 12.1 Å². The summed E-state index contributed by atoms with van der Waals surface area (Å²) in [4.78, 5) is 15.0. The Bertz CT molecular complexity index is 744. The molecule has 1 saturated heterocycles. The third-order valence-electron chi connectivity index (χ3n) is 5.26. The monoisotopic (exact) mass is 335 g/mol. The number of benzene rings is 2. The molecular formula is C21H25N3O. The number of para-hydroxylation sites is 1. The van der Waals surface area contributed by atoms with E-state index < -0.39 is 0 Å². The molecule has 1 fully saturated rings. The van der Waals surface area contributed by atoms with E-state index in [-0.39, 0.29) is 11.9 Å². The molecule has 2 heterocycles. The summed E-state index contributed by atoms with van der Waals surface area (Å²) in [6.45, 7) is 3.89. The molecule has 0 radical (unpaired) electrons. The van der Waals surface area contributed by atoms with Gasteiger partial charge in [0.05, 0.1) is 0 Å². The molecular weight excluding hydrogens is 310 g/mol. The van der Waals surface area contributed by atoms with Crippen molar-refractivity contribution in [3.05, 3.63) is 65.2 Å². The maximum Gasteiger partial charge on any atom is 0.251 e. The fourth-order valence-corrected chi connectivity index (χ4v) is 3.84. The van der Waals surface area contributed by atoms with Crippen LogP contribution < -0.4 is 15.5 Å². The van der Waals surface area contributed by atoms with Crippen LogP contribution in [-0.4, -0.2) is 38.1 Å². The molecule has 0 bridgehead atoms. The predicted molar refractivity (Wildman–Crippen MR) is 101 cm³/mol. The number of nitrogens with zero attached hydrogens (tertiary/aromatic N) is 1. The molecule has 0 aliphatic carbocycles. The first-order valence-electron chi connectivity index (χ1n) is 9.23. The third kappa shape index (κ3) is 3.69. The summed E-state index contributed by atoms with van der Waals surface area (Å²) in [6, 6.07) is 16.8. The van der Waals surface area contributed by atoms with Gasteiger partial charge in [-0.05, 0) is 67.7 Å². The van der Waals surface area contributed by atoms with Gasteiger partial charge in [0.15, 0.2) is 0 Å². The van der Waals surface area contributed by atoms with Crippen LogP contribution in [0.4, 0.5) is 5.69 Å². The number of fused-ring (bicyclic) bond motifs is 1. The summed E-state index contributed by atoms with van der Waals surface area (Å²) in [5.74, 6) is 0.0555. The average molecular weight is 335 g/mol. The van der Waals surface area contributed by atoms with Crippen molar-refractivity contribution in [1.29, 1.82) is 0 Å². The van der Waals surface area contributed by atoms with Gasteiger partial charge in [-0.2, -0.15) is 0 Å². The van der Waals surface area contributed by atoms with Crippen LogP contribution >= 0.6 is 0 Å². The molecule has 2 aliphatic rings. The topological polar surface area (TPSA) is 44.4 Å². The van der Waals surface area contributed by atoms with Crippen LogP contribution in [0.5, 0.6) is 0 Å². The number of carbonyl (C=O) groups excluding carboxylic acids is 1. The van der Waals surface area contributed by atoms with Crippen LogP contribution in [0.2, 0.25) is 0 Å². The van der Waals surface area contributed by atoms with Crippen molar-refractivity contribution in [3.63, 3.8) is 0 Å². The lowest BCUT2D eigenvalue weighted by molar-refractivity contribution is 0.0940. The summed E-state index contributed by atoms with van der Waals surface area (Å²) in [6.07, 6.45) is 3.04. The number of amides is 1. The molecule has 2 aromatic carbocycles. The predicted octanol–water partition coefficient (Wildman–Crippen LogP) is 2.38. The molecule has 130 valence electrons. The average Bonchev–Trinajstić information content (AvgIpc) is 2.98. The van der Waals surface area contributed by atoms with E-state index >= 15 is 0 Å². The van der Waals surface area contributed by atoms with Gasteiger partial charge in [0.2, 0.25) is 0 Å². The fraction of sp³-hybridized carbons (Fsp3) is 0.381. The number of nitrogens with one attached hydrogen (secondary N) is 2. The Balaban J connectivity index is 1.40. The van der Waals surface area contributed by atoms with Gasteiger partial charge in [-0.3, -0.25) is 4.79 Å². The highest BCUT2D eigenvalue weighted by Crippen LogP contribution is 2.20. The number of hydrogen-bond donors (Lipinski definition) is 2. The highest BCUT2D eigenvalue weighted by molar-refractivity contribution is 5.94. The van der Waals surface area contributed by atoms with Crippen molar-refractivity contribution in [2.24, 2.45) is 0 Å². The minimum atomic E-state index is 0.0555. The summed E-state index contributed by atoms with van der Waals surface area (Å²) in [5, 5.41) is 6.64. The van der Waals surface area contributed by atoms with Crippen molar-refractivity contribution in [1.82, 2.24) is 10.6 Å². The molecule has 2 N–H and O–H groups in total. The van der Waals surface area contributed by atoms with Crippen molar-refractivity contribution in [2.45, 2.75) is 25.3 Å². The van der Waals surface area contributed by atoms with E-state index in [1.54, 1.807) is 0 Å². The quantitative estimate of drug-likeness (QED) is 0.905. The van der Waals surface area contributed by atoms with Gasteiger partial charge in [0.1, 0.15) is 0 Å². The van der Waals surface area contributed by atoms with Crippen LogP contribution in [0, 0.1) is 0 Å². The van der Waals surface area contributed by atoms with Gasteiger partial charge in [0.25, 0.3) is 5.91 Å². The lowest BCUT2D eigenvalue weighted by atomic mass is 9.99. The zero-order valence-corrected chi connectivity index (χ0v) is 14.5. The second kappa shape index (κ2) is 7.28. The number of carbonyl (C=O) groups is 1. The van der Waals surface area contributed by atoms with Crippen LogP contribution in [-0.2, 0) is 12.8 Å². The molecule has 2 aromatic rings. The van der Waals surface area contributed by atoms with Gasteiger partial charge in [-0.1, -0.05) is 24.3 Å². The smallest absolute Gasteiger partial charge is 0.251 e. The molecule has 1 atom stereocenters. The Morgan fingerprint density at radius 1 is 1.04 bits per heavy atom. The Labute approximate surface area is 149 Å². The number of anilines is 1. The van der Waals surface area contributed by atoms with E-state index in [4.69, 9.17) is 0 Å². The lowest BCUT2D eigenvalue weighted by Gasteiger charge is -2.19. The maximum atomic E-state index is 12.7. The normalized spacial score (nSPS) is 20.0. The van der Waals surface area contributed by atoms with Crippen LogP contribution in [0.3, 0.4) is 0 Å². The highest BCUT2D eigenvalue weighted by atomic mass is 16.1. The van der Waals surface area contributed by atoms with Crippen molar-refractivity contribution < 1.29 is 4.79 Å². The molecule has 0 saturated carbocycles. The molecule has 4 heteroatoms. The molecule has 0 unspecified atom stereocenters.